The molecule has 1 fully saturated rings. The fourth-order valence-electron chi connectivity index (χ4n) is 1.98. The molecule has 0 aromatic carbocycles. The van der Waals surface area contributed by atoms with E-state index in [1.54, 1.807) is 6.20 Å². The SMILES string of the molecule is Cc1ccnc2nc(N3CCOCC3)cnc12. The van der Waals surface area contributed by atoms with E-state index in [-0.39, 0.29) is 0 Å². The third kappa shape index (κ3) is 1.93. The van der Waals surface area contributed by atoms with Crippen molar-refractivity contribution < 1.29 is 4.74 Å². The van der Waals surface area contributed by atoms with Crippen LogP contribution in [0.5, 0.6) is 0 Å². The van der Waals surface area contributed by atoms with E-state index in [1.165, 1.54) is 0 Å². The minimum Gasteiger partial charge on any atom is -0.378 e. The maximum Gasteiger partial charge on any atom is 0.180 e. The Bertz CT molecular complexity index is 537. The summed E-state index contributed by atoms with van der Waals surface area (Å²) >= 11 is 0. The summed E-state index contributed by atoms with van der Waals surface area (Å²) in [6.45, 7) is 5.26. The minimum atomic E-state index is 0.717. The van der Waals surface area contributed by atoms with Crippen molar-refractivity contribution in [2.45, 2.75) is 6.92 Å². The Kier molecular flexibility index (Phi) is 2.60. The van der Waals surface area contributed by atoms with Crippen molar-refractivity contribution in [3.8, 4) is 0 Å². The topological polar surface area (TPSA) is 51.1 Å². The molecule has 1 saturated heterocycles. The standard InChI is InChI=1S/C12H14N4O/c1-9-2-3-13-12-11(9)14-8-10(15-12)16-4-6-17-7-5-16/h2-3,8H,4-7H2,1H3. The number of hydrogen-bond donors (Lipinski definition) is 0. The third-order valence-electron chi connectivity index (χ3n) is 2.97. The van der Waals surface area contributed by atoms with Crippen LogP contribution in [0.1, 0.15) is 5.56 Å². The highest BCUT2D eigenvalue weighted by molar-refractivity contribution is 5.74. The zero-order chi connectivity index (χ0) is 11.7. The molecule has 2 aromatic rings. The summed E-state index contributed by atoms with van der Waals surface area (Å²) in [6.07, 6.45) is 3.60. The van der Waals surface area contributed by atoms with Crippen LogP contribution in [0.3, 0.4) is 0 Å². The number of aryl methyl sites for hydroxylation is 1. The number of fused-ring (bicyclic) bond motifs is 1. The molecule has 0 radical (unpaired) electrons. The van der Waals surface area contributed by atoms with E-state index in [1.807, 2.05) is 19.2 Å². The Morgan fingerprint density at radius 3 is 2.88 bits per heavy atom. The number of morpholine rings is 1. The maximum atomic E-state index is 5.32. The molecular formula is C12H14N4O. The van der Waals surface area contributed by atoms with Gasteiger partial charge in [0.05, 0.1) is 19.4 Å². The Labute approximate surface area is 99.5 Å². The average Bonchev–Trinajstić information content (AvgIpc) is 2.40. The lowest BCUT2D eigenvalue weighted by molar-refractivity contribution is 0.122. The molecular weight excluding hydrogens is 216 g/mol. The molecule has 0 N–H and O–H groups in total. The second-order valence-electron chi connectivity index (χ2n) is 4.13. The summed E-state index contributed by atoms with van der Waals surface area (Å²) < 4.78 is 5.32. The number of aromatic nitrogens is 3. The molecule has 0 unspecified atom stereocenters. The molecule has 1 aliphatic rings. The van der Waals surface area contributed by atoms with Crippen molar-refractivity contribution in [2.24, 2.45) is 0 Å². The predicted molar refractivity (Wildman–Crippen MR) is 65.1 cm³/mol. The first kappa shape index (κ1) is 10.4. The molecule has 17 heavy (non-hydrogen) atoms. The Morgan fingerprint density at radius 2 is 2.06 bits per heavy atom. The van der Waals surface area contributed by atoms with E-state index < -0.39 is 0 Å². The van der Waals surface area contributed by atoms with Crippen LogP contribution in [0.4, 0.5) is 5.82 Å². The van der Waals surface area contributed by atoms with Gasteiger partial charge in [-0.1, -0.05) is 0 Å². The minimum absolute atomic E-state index is 0.717. The lowest BCUT2D eigenvalue weighted by atomic mass is 10.2. The van der Waals surface area contributed by atoms with Gasteiger partial charge in [0, 0.05) is 19.3 Å². The fourth-order valence-corrected chi connectivity index (χ4v) is 1.98. The molecule has 0 aliphatic carbocycles. The van der Waals surface area contributed by atoms with Gasteiger partial charge in [0.25, 0.3) is 0 Å². The first-order valence-corrected chi connectivity index (χ1v) is 5.75. The molecule has 0 spiro atoms. The van der Waals surface area contributed by atoms with Gasteiger partial charge in [0.2, 0.25) is 0 Å². The van der Waals surface area contributed by atoms with Gasteiger partial charge in [-0.15, -0.1) is 0 Å². The van der Waals surface area contributed by atoms with Gasteiger partial charge < -0.3 is 9.64 Å². The molecule has 0 saturated carbocycles. The monoisotopic (exact) mass is 230 g/mol. The van der Waals surface area contributed by atoms with Gasteiger partial charge in [-0.05, 0) is 18.6 Å². The maximum absolute atomic E-state index is 5.32. The molecule has 0 amide bonds. The molecule has 3 rings (SSSR count). The van der Waals surface area contributed by atoms with Crippen molar-refractivity contribution in [3.05, 3.63) is 24.0 Å². The Morgan fingerprint density at radius 1 is 1.24 bits per heavy atom. The van der Waals surface area contributed by atoms with Crippen molar-refractivity contribution in [1.82, 2.24) is 15.0 Å². The molecule has 0 atom stereocenters. The normalized spacial score (nSPS) is 16.4. The second-order valence-corrected chi connectivity index (χ2v) is 4.13. The first-order chi connectivity index (χ1) is 8.34. The van der Waals surface area contributed by atoms with Gasteiger partial charge >= 0.3 is 0 Å². The molecule has 2 aromatic heterocycles. The van der Waals surface area contributed by atoms with Crippen LogP contribution in [-0.2, 0) is 4.74 Å². The highest BCUT2D eigenvalue weighted by atomic mass is 16.5. The van der Waals surface area contributed by atoms with Gasteiger partial charge in [-0.2, -0.15) is 0 Å². The van der Waals surface area contributed by atoms with Crippen molar-refractivity contribution in [2.75, 3.05) is 31.2 Å². The van der Waals surface area contributed by atoms with E-state index in [9.17, 15) is 0 Å². The van der Waals surface area contributed by atoms with Crippen LogP contribution in [0.15, 0.2) is 18.5 Å². The van der Waals surface area contributed by atoms with Crippen LogP contribution in [0.2, 0.25) is 0 Å². The second kappa shape index (κ2) is 4.25. The zero-order valence-electron chi connectivity index (χ0n) is 9.76. The molecule has 5 heteroatoms. The fraction of sp³-hybridized carbons (Fsp3) is 0.417. The molecule has 1 aliphatic heterocycles. The molecule has 5 nitrogen and oxygen atoms in total. The quantitative estimate of drug-likeness (QED) is 0.736. The van der Waals surface area contributed by atoms with Gasteiger partial charge in [0.15, 0.2) is 5.65 Å². The van der Waals surface area contributed by atoms with Gasteiger partial charge in [-0.3, -0.25) is 0 Å². The number of ether oxygens (including phenoxy) is 1. The molecule has 0 bridgehead atoms. The summed E-state index contributed by atoms with van der Waals surface area (Å²) in [6, 6.07) is 1.95. The highest BCUT2D eigenvalue weighted by Crippen LogP contribution is 2.16. The van der Waals surface area contributed by atoms with E-state index in [0.717, 1.165) is 43.2 Å². The van der Waals surface area contributed by atoms with E-state index in [4.69, 9.17) is 4.74 Å². The van der Waals surface area contributed by atoms with E-state index in [0.29, 0.717) is 5.65 Å². The van der Waals surface area contributed by atoms with Gasteiger partial charge in [0.1, 0.15) is 11.3 Å². The summed E-state index contributed by atoms with van der Waals surface area (Å²) in [4.78, 5) is 15.5. The number of nitrogens with zero attached hydrogens (tertiary/aromatic N) is 4. The number of hydrogen-bond acceptors (Lipinski definition) is 5. The van der Waals surface area contributed by atoms with Crippen LogP contribution in [0, 0.1) is 6.92 Å². The lowest BCUT2D eigenvalue weighted by Crippen LogP contribution is -2.36. The number of rotatable bonds is 1. The first-order valence-electron chi connectivity index (χ1n) is 5.75. The Balaban J connectivity index is 2.01. The zero-order valence-corrected chi connectivity index (χ0v) is 9.76. The summed E-state index contributed by atoms with van der Waals surface area (Å²) in [5.74, 6) is 0.888. The van der Waals surface area contributed by atoms with Crippen molar-refractivity contribution in [1.29, 1.82) is 0 Å². The highest BCUT2D eigenvalue weighted by Gasteiger charge is 2.13. The smallest absolute Gasteiger partial charge is 0.180 e. The summed E-state index contributed by atoms with van der Waals surface area (Å²) in [5.41, 5.74) is 2.70. The van der Waals surface area contributed by atoms with Crippen LogP contribution >= 0.6 is 0 Å². The summed E-state index contributed by atoms with van der Waals surface area (Å²) in [5, 5.41) is 0. The third-order valence-corrected chi connectivity index (χ3v) is 2.97. The van der Waals surface area contributed by atoms with Gasteiger partial charge in [-0.25, -0.2) is 15.0 Å². The number of anilines is 1. The molecule has 3 heterocycles. The van der Waals surface area contributed by atoms with Crippen molar-refractivity contribution >= 4 is 17.0 Å². The van der Waals surface area contributed by atoms with Crippen LogP contribution in [-0.4, -0.2) is 41.3 Å². The predicted octanol–water partition coefficient (Wildman–Crippen LogP) is 1.17. The van der Waals surface area contributed by atoms with Crippen LogP contribution < -0.4 is 4.90 Å². The van der Waals surface area contributed by atoms with E-state index in [2.05, 4.69) is 19.9 Å². The largest absolute Gasteiger partial charge is 0.378 e. The number of pyridine rings is 1. The van der Waals surface area contributed by atoms with Crippen molar-refractivity contribution in [3.63, 3.8) is 0 Å². The summed E-state index contributed by atoms with van der Waals surface area (Å²) in [7, 11) is 0. The Hall–Kier alpha value is -1.75. The van der Waals surface area contributed by atoms with Crippen LogP contribution in [0.25, 0.3) is 11.2 Å². The average molecular weight is 230 g/mol. The molecule has 88 valence electrons. The van der Waals surface area contributed by atoms with E-state index >= 15 is 0 Å². The lowest BCUT2D eigenvalue weighted by Gasteiger charge is -2.27.